The number of nitrogens with one attached hydrogen (secondary N) is 1. The molecule has 1 aliphatic rings. The summed E-state index contributed by atoms with van der Waals surface area (Å²) in [6, 6.07) is 8.66. The lowest BCUT2D eigenvalue weighted by Crippen LogP contribution is -2.53. The topological polar surface area (TPSA) is 52.6 Å². The SMILES string of the molecule is O=C(O)N(Cc1ccccc1)[C@H]1CNCC[C@H]1F. The quantitative estimate of drug-likeness (QED) is 0.863. The first kappa shape index (κ1) is 12.8. The van der Waals surface area contributed by atoms with E-state index >= 15 is 0 Å². The van der Waals surface area contributed by atoms with Crippen molar-refractivity contribution in [3.8, 4) is 0 Å². The first-order chi connectivity index (χ1) is 8.68. The molecule has 1 fully saturated rings. The number of hydrogen-bond acceptors (Lipinski definition) is 2. The lowest BCUT2D eigenvalue weighted by molar-refractivity contribution is 0.0707. The highest BCUT2D eigenvalue weighted by Gasteiger charge is 2.32. The zero-order valence-electron chi connectivity index (χ0n) is 10.1. The van der Waals surface area contributed by atoms with Crippen molar-refractivity contribution in [3.05, 3.63) is 35.9 Å². The first-order valence-electron chi connectivity index (χ1n) is 6.07. The van der Waals surface area contributed by atoms with Gasteiger partial charge < -0.3 is 10.4 Å². The Balaban J connectivity index is 2.10. The zero-order valence-corrected chi connectivity index (χ0v) is 10.1. The van der Waals surface area contributed by atoms with Gasteiger partial charge in [-0.2, -0.15) is 0 Å². The molecule has 18 heavy (non-hydrogen) atoms. The van der Waals surface area contributed by atoms with E-state index < -0.39 is 18.3 Å². The van der Waals surface area contributed by atoms with Crippen LogP contribution in [0.5, 0.6) is 0 Å². The van der Waals surface area contributed by atoms with Gasteiger partial charge in [0.15, 0.2) is 0 Å². The maximum Gasteiger partial charge on any atom is 0.407 e. The highest BCUT2D eigenvalue weighted by molar-refractivity contribution is 5.65. The molecule has 2 rings (SSSR count). The van der Waals surface area contributed by atoms with Gasteiger partial charge in [-0.15, -0.1) is 0 Å². The van der Waals surface area contributed by atoms with Crippen molar-refractivity contribution in [2.75, 3.05) is 13.1 Å². The number of carbonyl (C=O) groups is 1. The van der Waals surface area contributed by atoms with Crippen LogP contribution in [0.15, 0.2) is 30.3 Å². The van der Waals surface area contributed by atoms with Gasteiger partial charge in [0.25, 0.3) is 0 Å². The van der Waals surface area contributed by atoms with E-state index in [0.717, 1.165) is 5.56 Å². The smallest absolute Gasteiger partial charge is 0.407 e. The molecule has 0 aliphatic carbocycles. The van der Waals surface area contributed by atoms with Crippen LogP contribution in [0.25, 0.3) is 0 Å². The molecule has 0 aromatic heterocycles. The molecule has 1 aliphatic heterocycles. The van der Waals surface area contributed by atoms with Crippen LogP contribution in [0, 0.1) is 0 Å². The number of nitrogens with zero attached hydrogens (tertiary/aromatic N) is 1. The minimum absolute atomic E-state index is 0.225. The van der Waals surface area contributed by atoms with E-state index in [1.165, 1.54) is 4.90 Å². The van der Waals surface area contributed by atoms with Crippen LogP contribution >= 0.6 is 0 Å². The number of alkyl halides is 1. The van der Waals surface area contributed by atoms with Crippen molar-refractivity contribution < 1.29 is 14.3 Å². The lowest BCUT2D eigenvalue weighted by atomic mass is 10.0. The Morgan fingerprint density at radius 2 is 2.17 bits per heavy atom. The fraction of sp³-hybridized carbons (Fsp3) is 0.462. The molecule has 1 heterocycles. The van der Waals surface area contributed by atoms with Crippen molar-refractivity contribution in [2.24, 2.45) is 0 Å². The van der Waals surface area contributed by atoms with E-state index in [-0.39, 0.29) is 6.54 Å². The number of amides is 1. The van der Waals surface area contributed by atoms with E-state index in [0.29, 0.717) is 19.5 Å². The Morgan fingerprint density at radius 1 is 1.44 bits per heavy atom. The highest BCUT2D eigenvalue weighted by atomic mass is 19.1. The fourth-order valence-electron chi connectivity index (χ4n) is 2.22. The second-order valence-corrected chi connectivity index (χ2v) is 4.47. The van der Waals surface area contributed by atoms with Crippen LogP contribution in [0.4, 0.5) is 9.18 Å². The van der Waals surface area contributed by atoms with Crippen LogP contribution in [-0.2, 0) is 6.54 Å². The highest BCUT2D eigenvalue weighted by Crippen LogP contribution is 2.17. The Hall–Kier alpha value is -1.62. The van der Waals surface area contributed by atoms with Gasteiger partial charge in [0.2, 0.25) is 0 Å². The van der Waals surface area contributed by atoms with Crippen LogP contribution < -0.4 is 5.32 Å². The minimum atomic E-state index is -1.09. The van der Waals surface area contributed by atoms with Crippen molar-refractivity contribution in [1.82, 2.24) is 10.2 Å². The van der Waals surface area contributed by atoms with Gasteiger partial charge >= 0.3 is 6.09 Å². The van der Waals surface area contributed by atoms with Gasteiger partial charge in [0.05, 0.1) is 6.04 Å². The Kier molecular flexibility index (Phi) is 4.15. The number of halogens is 1. The second kappa shape index (κ2) is 5.82. The fourth-order valence-corrected chi connectivity index (χ4v) is 2.22. The lowest BCUT2D eigenvalue weighted by Gasteiger charge is -2.35. The molecule has 4 nitrogen and oxygen atoms in total. The molecule has 1 aromatic rings. The van der Waals surface area contributed by atoms with Crippen LogP contribution in [0.1, 0.15) is 12.0 Å². The number of piperidine rings is 1. The summed E-state index contributed by atoms with van der Waals surface area (Å²) in [5.74, 6) is 0. The van der Waals surface area contributed by atoms with Gasteiger partial charge in [-0.1, -0.05) is 30.3 Å². The van der Waals surface area contributed by atoms with E-state index in [4.69, 9.17) is 0 Å². The predicted octanol–water partition coefficient (Wildman–Crippen LogP) is 1.87. The zero-order chi connectivity index (χ0) is 13.0. The third-order valence-electron chi connectivity index (χ3n) is 3.21. The Morgan fingerprint density at radius 3 is 2.78 bits per heavy atom. The van der Waals surface area contributed by atoms with Crippen molar-refractivity contribution >= 4 is 6.09 Å². The van der Waals surface area contributed by atoms with Gasteiger partial charge in [-0.3, -0.25) is 4.90 Å². The third kappa shape index (κ3) is 2.98. The average Bonchev–Trinajstić information content (AvgIpc) is 2.38. The largest absolute Gasteiger partial charge is 0.465 e. The molecule has 1 amide bonds. The predicted molar refractivity (Wildman–Crippen MR) is 66.2 cm³/mol. The second-order valence-electron chi connectivity index (χ2n) is 4.47. The molecule has 0 saturated carbocycles. The van der Waals surface area contributed by atoms with Gasteiger partial charge in [-0.25, -0.2) is 9.18 Å². The molecule has 0 unspecified atom stereocenters. The summed E-state index contributed by atoms with van der Waals surface area (Å²) in [6.45, 7) is 1.21. The maximum atomic E-state index is 13.8. The van der Waals surface area contributed by atoms with E-state index in [1.807, 2.05) is 30.3 Å². The molecule has 1 aromatic carbocycles. The van der Waals surface area contributed by atoms with Crippen molar-refractivity contribution in [1.29, 1.82) is 0 Å². The van der Waals surface area contributed by atoms with E-state index in [2.05, 4.69) is 5.32 Å². The number of rotatable bonds is 3. The molecule has 0 radical (unpaired) electrons. The summed E-state index contributed by atoms with van der Waals surface area (Å²) < 4.78 is 13.8. The van der Waals surface area contributed by atoms with Crippen LogP contribution in [0.3, 0.4) is 0 Å². The summed E-state index contributed by atoms with van der Waals surface area (Å²) in [7, 11) is 0. The normalized spacial score (nSPS) is 23.6. The maximum absolute atomic E-state index is 13.8. The van der Waals surface area contributed by atoms with Gasteiger partial charge in [0, 0.05) is 13.1 Å². The van der Waals surface area contributed by atoms with Crippen LogP contribution in [0.2, 0.25) is 0 Å². The van der Waals surface area contributed by atoms with Gasteiger partial charge in [-0.05, 0) is 18.5 Å². The molecule has 98 valence electrons. The Bertz CT molecular complexity index is 399. The molecule has 5 heteroatoms. The standard InChI is InChI=1S/C13H17FN2O2/c14-11-6-7-15-8-12(11)16(13(17)18)9-10-4-2-1-3-5-10/h1-5,11-12,15H,6-9H2,(H,17,18)/t11-,12+/m1/s1. The molecule has 0 spiro atoms. The van der Waals surface area contributed by atoms with Gasteiger partial charge in [0.1, 0.15) is 6.17 Å². The average molecular weight is 252 g/mol. The first-order valence-corrected chi connectivity index (χ1v) is 6.07. The van der Waals surface area contributed by atoms with Crippen molar-refractivity contribution in [3.63, 3.8) is 0 Å². The third-order valence-corrected chi connectivity index (χ3v) is 3.21. The molecular weight excluding hydrogens is 235 g/mol. The van der Waals surface area contributed by atoms with E-state index in [1.54, 1.807) is 0 Å². The summed E-state index contributed by atoms with van der Waals surface area (Å²) in [4.78, 5) is 12.5. The van der Waals surface area contributed by atoms with Crippen LogP contribution in [-0.4, -0.2) is 41.4 Å². The summed E-state index contributed by atoms with van der Waals surface area (Å²) in [6.07, 6.45) is -1.80. The molecular formula is C13H17FN2O2. The summed E-state index contributed by atoms with van der Waals surface area (Å²) in [5, 5.41) is 12.3. The molecule has 2 atom stereocenters. The van der Waals surface area contributed by atoms with Crippen molar-refractivity contribution in [2.45, 2.75) is 25.2 Å². The monoisotopic (exact) mass is 252 g/mol. The summed E-state index contributed by atoms with van der Waals surface area (Å²) >= 11 is 0. The van der Waals surface area contributed by atoms with E-state index in [9.17, 15) is 14.3 Å². The Labute approximate surface area is 105 Å². The molecule has 1 saturated heterocycles. The number of carboxylic acid groups (broad SMARTS) is 1. The number of benzene rings is 1. The molecule has 2 N–H and O–H groups in total. The number of hydrogen-bond donors (Lipinski definition) is 2. The molecule has 0 bridgehead atoms. The minimum Gasteiger partial charge on any atom is -0.465 e. The summed E-state index contributed by atoms with van der Waals surface area (Å²) in [5.41, 5.74) is 0.873.